The van der Waals surface area contributed by atoms with Gasteiger partial charge in [0.25, 0.3) is 5.91 Å². The van der Waals surface area contributed by atoms with Crippen LogP contribution in [-0.2, 0) is 4.79 Å². The first-order valence-electron chi connectivity index (χ1n) is 6.72. The normalized spacial score (nSPS) is 10.5. The summed E-state index contributed by atoms with van der Waals surface area (Å²) < 4.78 is 0. The number of carbonyl (C=O) groups excluding carboxylic acids is 2. The van der Waals surface area contributed by atoms with Crippen LogP contribution in [0.25, 0.3) is 10.8 Å². The van der Waals surface area contributed by atoms with Gasteiger partial charge in [-0.25, -0.2) is 0 Å². The molecular formula is C17H13NO2S2. The molecule has 22 heavy (non-hydrogen) atoms. The highest BCUT2D eigenvalue weighted by molar-refractivity contribution is 8.00. The summed E-state index contributed by atoms with van der Waals surface area (Å²) in [5.41, 5.74) is 0. The summed E-state index contributed by atoms with van der Waals surface area (Å²) in [4.78, 5) is 25.2. The van der Waals surface area contributed by atoms with Crippen molar-refractivity contribution in [1.82, 2.24) is 5.32 Å². The van der Waals surface area contributed by atoms with Gasteiger partial charge in [0.15, 0.2) is 0 Å². The molecule has 0 saturated heterocycles. The van der Waals surface area contributed by atoms with Gasteiger partial charge in [-0.2, -0.15) is 0 Å². The second-order valence-electron chi connectivity index (χ2n) is 4.65. The maximum absolute atomic E-state index is 11.8. The third-order valence-electron chi connectivity index (χ3n) is 3.09. The fraction of sp³-hybridized carbons (Fsp3) is 0.0588. The van der Waals surface area contributed by atoms with Crippen LogP contribution in [0.2, 0.25) is 0 Å². The fourth-order valence-corrected chi connectivity index (χ4v) is 3.40. The molecule has 3 rings (SSSR count). The number of fused-ring (bicyclic) bond motifs is 1. The molecule has 0 unspecified atom stereocenters. The molecule has 0 fully saturated rings. The number of hydrogen-bond donors (Lipinski definition) is 1. The monoisotopic (exact) mass is 327 g/mol. The summed E-state index contributed by atoms with van der Waals surface area (Å²) >= 11 is 2.74. The SMILES string of the molecule is O=C(CSc1ccc2ccccc2c1)NC(=O)c1cccs1. The van der Waals surface area contributed by atoms with Crippen molar-refractivity contribution in [3.63, 3.8) is 0 Å². The van der Waals surface area contributed by atoms with E-state index in [1.807, 2.05) is 41.8 Å². The van der Waals surface area contributed by atoms with Crippen LogP contribution < -0.4 is 5.32 Å². The first-order chi connectivity index (χ1) is 10.7. The number of thioether (sulfide) groups is 1. The predicted octanol–water partition coefficient (Wildman–Crippen LogP) is 3.95. The van der Waals surface area contributed by atoms with Crippen LogP contribution in [-0.4, -0.2) is 17.6 Å². The highest BCUT2D eigenvalue weighted by Gasteiger charge is 2.11. The summed E-state index contributed by atoms with van der Waals surface area (Å²) in [5.74, 6) is -0.397. The van der Waals surface area contributed by atoms with E-state index in [9.17, 15) is 9.59 Å². The molecule has 3 nitrogen and oxygen atoms in total. The van der Waals surface area contributed by atoms with Crippen molar-refractivity contribution in [3.05, 3.63) is 64.9 Å². The van der Waals surface area contributed by atoms with E-state index in [1.165, 1.54) is 28.5 Å². The van der Waals surface area contributed by atoms with Crippen LogP contribution in [0, 0.1) is 0 Å². The van der Waals surface area contributed by atoms with Gasteiger partial charge in [0.1, 0.15) is 0 Å². The number of benzene rings is 2. The topological polar surface area (TPSA) is 46.2 Å². The lowest BCUT2D eigenvalue weighted by Gasteiger charge is -2.04. The summed E-state index contributed by atoms with van der Waals surface area (Å²) in [7, 11) is 0. The number of hydrogen-bond acceptors (Lipinski definition) is 4. The van der Waals surface area contributed by atoms with E-state index in [4.69, 9.17) is 0 Å². The molecule has 0 spiro atoms. The van der Waals surface area contributed by atoms with Crippen LogP contribution in [0.1, 0.15) is 9.67 Å². The lowest BCUT2D eigenvalue weighted by atomic mass is 10.1. The third kappa shape index (κ3) is 3.55. The van der Waals surface area contributed by atoms with Crippen LogP contribution in [0.3, 0.4) is 0 Å². The van der Waals surface area contributed by atoms with E-state index in [0.717, 1.165) is 10.3 Å². The van der Waals surface area contributed by atoms with Gasteiger partial charge in [-0.15, -0.1) is 23.1 Å². The minimum Gasteiger partial charge on any atom is -0.291 e. The minimum atomic E-state index is -0.334. The Hall–Kier alpha value is -2.11. The minimum absolute atomic E-state index is 0.218. The van der Waals surface area contributed by atoms with Gasteiger partial charge in [-0.05, 0) is 34.4 Å². The van der Waals surface area contributed by atoms with Gasteiger partial charge in [0.2, 0.25) is 5.91 Å². The zero-order chi connectivity index (χ0) is 15.4. The fourth-order valence-electron chi connectivity index (χ4n) is 2.04. The molecule has 5 heteroatoms. The number of carbonyl (C=O) groups is 2. The van der Waals surface area contributed by atoms with Crippen molar-refractivity contribution in [2.45, 2.75) is 4.90 Å². The number of thiophene rings is 1. The molecule has 0 radical (unpaired) electrons. The first kappa shape index (κ1) is 14.8. The van der Waals surface area contributed by atoms with Gasteiger partial charge in [-0.1, -0.05) is 36.4 Å². The van der Waals surface area contributed by atoms with Crippen LogP contribution in [0.15, 0.2) is 64.9 Å². The number of amides is 2. The number of imide groups is 1. The largest absolute Gasteiger partial charge is 0.291 e. The highest BCUT2D eigenvalue weighted by atomic mass is 32.2. The molecule has 2 aromatic carbocycles. The van der Waals surface area contributed by atoms with E-state index in [0.29, 0.717) is 4.88 Å². The quantitative estimate of drug-likeness (QED) is 0.738. The summed E-state index contributed by atoms with van der Waals surface area (Å²) in [5, 5.41) is 6.52. The highest BCUT2D eigenvalue weighted by Crippen LogP contribution is 2.23. The number of rotatable bonds is 4. The maximum atomic E-state index is 11.8. The van der Waals surface area contributed by atoms with Gasteiger partial charge in [-0.3, -0.25) is 14.9 Å². The molecule has 1 aromatic heterocycles. The molecule has 0 aliphatic carbocycles. The summed E-state index contributed by atoms with van der Waals surface area (Å²) in [6, 6.07) is 17.6. The van der Waals surface area contributed by atoms with Crippen LogP contribution >= 0.6 is 23.1 Å². The van der Waals surface area contributed by atoms with E-state index in [-0.39, 0.29) is 17.6 Å². The molecule has 0 aliphatic heterocycles. The first-order valence-corrected chi connectivity index (χ1v) is 8.58. The Labute approximate surface area is 136 Å². The number of nitrogens with one attached hydrogen (secondary N) is 1. The second-order valence-corrected chi connectivity index (χ2v) is 6.65. The van der Waals surface area contributed by atoms with Gasteiger partial charge < -0.3 is 0 Å². The predicted molar refractivity (Wildman–Crippen MR) is 91.5 cm³/mol. The standard InChI is InChI=1S/C17H13NO2S2/c19-16(18-17(20)15-6-3-9-21-15)11-22-14-8-7-12-4-1-2-5-13(12)10-14/h1-10H,11H2,(H,18,19,20). The Bertz CT molecular complexity index is 812. The lowest BCUT2D eigenvalue weighted by Crippen LogP contribution is -2.31. The van der Waals surface area contributed by atoms with E-state index in [1.54, 1.807) is 12.1 Å². The average molecular weight is 327 g/mol. The Kier molecular flexibility index (Phi) is 4.56. The summed E-state index contributed by atoms with van der Waals surface area (Å²) in [6.45, 7) is 0. The average Bonchev–Trinajstić information content (AvgIpc) is 3.07. The molecule has 2 amide bonds. The van der Waals surface area contributed by atoms with Crippen molar-refractivity contribution < 1.29 is 9.59 Å². The molecule has 1 N–H and O–H groups in total. The van der Waals surface area contributed by atoms with Crippen molar-refractivity contribution in [2.75, 3.05) is 5.75 Å². The Morgan fingerprint density at radius 1 is 1.00 bits per heavy atom. The van der Waals surface area contributed by atoms with Crippen LogP contribution in [0.4, 0.5) is 0 Å². The Balaban J connectivity index is 1.59. The van der Waals surface area contributed by atoms with Crippen molar-refractivity contribution in [3.8, 4) is 0 Å². The molecule has 0 aliphatic rings. The molecule has 3 aromatic rings. The second kappa shape index (κ2) is 6.77. The van der Waals surface area contributed by atoms with Gasteiger partial charge >= 0.3 is 0 Å². The zero-order valence-corrected chi connectivity index (χ0v) is 13.2. The Morgan fingerprint density at radius 3 is 2.59 bits per heavy atom. The molecule has 1 heterocycles. The smallest absolute Gasteiger partial charge is 0.267 e. The van der Waals surface area contributed by atoms with E-state index in [2.05, 4.69) is 11.4 Å². The molecular weight excluding hydrogens is 314 g/mol. The molecule has 110 valence electrons. The Morgan fingerprint density at radius 2 is 1.82 bits per heavy atom. The maximum Gasteiger partial charge on any atom is 0.267 e. The van der Waals surface area contributed by atoms with E-state index < -0.39 is 0 Å². The van der Waals surface area contributed by atoms with E-state index >= 15 is 0 Å². The van der Waals surface area contributed by atoms with Gasteiger partial charge in [0, 0.05) is 4.90 Å². The van der Waals surface area contributed by atoms with Gasteiger partial charge in [0.05, 0.1) is 10.6 Å². The summed E-state index contributed by atoms with van der Waals surface area (Å²) in [6.07, 6.45) is 0. The molecule has 0 bridgehead atoms. The van der Waals surface area contributed by atoms with Crippen molar-refractivity contribution in [2.24, 2.45) is 0 Å². The molecule has 0 saturated carbocycles. The lowest BCUT2D eigenvalue weighted by molar-refractivity contribution is -0.117. The van der Waals surface area contributed by atoms with Crippen molar-refractivity contribution in [1.29, 1.82) is 0 Å². The molecule has 0 atom stereocenters. The zero-order valence-electron chi connectivity index (χ0n) is 11.6. The van der Waals surface area contributed by atoms with Crippen LogP contribution in [0.5, 0.6) is 0 Å². The van der Waals surface area contributed by atoms with Crippen molar-refractivity contribution >= 4 is 45.7 Å². The third-order valence-corrected chi connectivity index (χ3v) is 4.95.